The molecule has 2 heteroatoms. The summed E-state index contributed by atoms with van der Waals surface area (Å²) in [6.45, 7) is 4.91. The highest BCUT2D eigenvalue weighted by Gasteiger charge is 2.39. The molecule has 0 atom stereocenters. The summed E-state index contributed by atoms with van der Waals surface area (Å²) in [5, 5.41) is 5.21. The van der Waals surface area contributed by atoms with Gasteiger partial charge in [-0.25, -0.2) is 0 Å². The zero-order valence-corrected chi connectivity index (χ0v) is 40.8. The maximum absolute atomic E-state index is 2.61. The van der Waals surface area contributed by atoms with Crippen molar-refractivity contribution in [2.45, 2.75) is 133 Å². The van der Waals surface area contributed by atoms with Crippen LogP contribution in [0.4, 0.5) is 17.1 Å². The van der Waals surface area contributed by atoms with E-state index in [4.69, 9.17) is 0 Å². The van der Waals surface area contributed by atoms with Crippen LogP contribution in [-0.2, 0) is 5.41 Å². The largest absolute Gasteiger partial charge is 0.310 e. The Hall–Kier alpha value is -6.38. The quantitative estimate of drug-likeness (QED) is 0.148. The summed E-state index contributed by atoms with van der Waals surface area (Å²) in [5.41, 5.74) is 20.4. The first-order chi connectivity index (χ1) is 34.0. The smallest absolute Gasteiger partial charge is 0.0575 e. The molecule has 13 rings (SSSR count). The minimum atomic E-state index is -0.0715. The Bertz CT molecular complexity index is 3350. The fourth-order valence-electron chi connectivity index (χ4n) is 14.1. The third-order valence-corrected chi connectivity index (χ3v) is 17.6. The van der Waals surface area contributed by atoms with E-state index >= 15 is 0 Å². The van der Waals surface area contributed by atoms with E-state index in [1.165, 1.54) is 196 Å². The summed E-state index contributed by atoms with van der Waals surface area (Å²) in [5.74, 6) is 1.85. The van der Waals surface area contributed by atoms with Gasteiger partial charge in [-0.05, 0) is 160 Å². The van der Waals surface area contributed by atoms with Crippen LogP contribution in [0, 0.1) is 0 Å². The summed E-state index contributed by atoms with van der Waals surface area (Å²) in [7, 11) is 0. The number of anilines is 3. The lowest BCUT2D eigenvalue weighted by Crippen LogP contribution is -2.16. The summed E-state index contributed by atoms with van der Waals surface area (Å²) in [6.07, 6.45) is 19.8. The van der Waals surface area contributed by atoms with Crippen molar-refractivity contribution in [2.24, 2.45) is 0 Å². The Morgan fingerprint density at radius 3 is 1.84 bits per heavy atom. The monoisotopic (exact) mass is 899 g/mol. The van der Waals surface area contributed by atoms with Crippen molar-refractivity contribution < 1.29 is 0 Å². The van der Waals surface area contributed by atoms with Gasteiger partial charge in [-0.3, -0.25) is 0 Å². The van der Waals surface area contributed by atoms with Gasteiger partial charge in [-0.2, -0.15) is 0 Å². The predicted octanol–water partition coefficient (Wildman–Crippen LogP) is 19.5. The number of aromatic nitrogens is 1. The third-order valence-electron chi connectivity index (χ3n) is 17.6. The van der Waals surface area contributed by atoms with E-state index in [-0.39, 0.29) is 5.41 Å². The van der Waals surface area contributed by atoms with Crippen LogP contribution in [0.1, 0.15) is 156 Å². The molecule has 0 saturated heterocycles. The van der Waals surface area contributed by atoms with Gasteiger partial charge in [0, 0.05) is 38.8 Å². The van der Waals surface area contributed by atoms with Crippen molar-refractivity contribution >= 4 is 49.6 Å². The van der Waals surface area contributed by atoms with E-state index < -0.39 is 0 Å². The summed E-state index contributed by atoms with van der Waals surface area (Å²) >= 11 is 0. The molecule has 9 aromatic rings. The van der Waals surface area contributed by atoms with Crippen LogP contribution in [0.25, 0.3) is 60.5 Å². The minimum Gasteiger partial charge on any atom is -0.310 e. The molecule has 0 N–H and O–H groups in total. The van der Waals surface area contributed by atoms with E-state index in [0.717, 1.165) is 0 Å². The Balaban J connectivity index is 1.05. The normalized spacial score (nSPS) is 17.7. The lowest BCUT2D eigenvalue weighted by atomic mass is 9.78. The molecule has 3 fully saturated rings. The molecule has 1 heterocycles. The molecule has 69 heavy (non-hydrogen) atoms. The van der Waals surface area contributed by atoms with Crippen molar-refractivity contribution in [3.05, 3.63) is 192 Å². The highest BCUT2D eigenvalue weighted by atomic mass is 15.1. The highest BCUT2D eigenvalue weighted by Crippen LogP contribution is 2.55. The third kappa shape index (κ3) is 7.27. The first-order valence-electron chi connectivity index (χ1n) is 26.8. The molecule has 1 aromatic heterocycles. The first kappa shape index (κ1) is 42.7. The molecule has 0 amide bonds. The van der Waals surface area contributed by atoms with E-state index in [0.29, 0.717) is 17.8 Å². The zero-order chi connectivity index (χ0) is 46.1. The minimum absolute atomic E-state index is 0.0715. The van der Waals surface area contributed by atoms with Crippen LogP contribution in [0.5, 0.6) is 0 Å². The second-order valence-corrected chi connectivity index (χ2v) is 21.9. The van der Waals surface area contributed by atoms with Crippen molar-refractivity contribution in [3.8, 4) is 27.9 Å². The van der Waals surface area contributed by atoms with Gasteiger partial charge in [0.05, 0.1) is 16.7 Å². The molecule has 4 aliphatic carbocycles. The van der Waals surface area contributed by atoms with Gasteiger partial charge in [0.2, 0.25) is 0 Å². The maximum atomic E-state index is 2.61. The molecule has 8 aromatic carbocycles. The molecule has 0 aliphatic heterocycles. The Labute approximate surface area is 410 Å². The van der Waals surface area contributed by atoms with Crippen molar-refractivity contribution in [1.82, 2.24) is 4.57 Å². The van der Waals surface area contributed by atoms with E-state index in [2.05, 4.69) is 187 Å². The zero-order valence-electron chi connectivity index (χ0n) is 40.8. The van der Waals surface area contributed by atoms with Gasteiger partial charge in [-0.15, -0.1) is 0 Å². The van der Waals surface area contributed by atoms with E-state index in [1.54, 1.807) is 5.56 Å². The second kappa shape index (κ2) is 17.5. The van der Waals surface area contributed by atoms with Crippen LogP contribution in [0.15, 0.2) is 164 Å². The molecule has 0 unspecified atom stereocenters. The van der Waals surface area contributed by atoms with Gasteiger partial charge in [-0.1, -0.05) is 187 Å². The predicted molar refractivity (Wildman–Crippen MR) is 293 cm³/mol. The second-order valence-electron chi connectivity index (χ2n) is 21.9. The first-order valence-corrected chi connectivity index (χ1v) is 26.8. The van der Waals surface area contributed by atoms with E-state index in [9.17, 15) is 0 Å². The molecular weight excluding hydrogens is 833 g/mol. The number of hydrogen-bond acceptors (Lipinski definition) is 1. The SMILES string of the molecule is CC1(C)c2ccc(N(c3ccc(C4CCCCC4)cc3)c3ccc4ccccc4c3-c3ccc4c5cccc(C6CCCCC6)c5n(-c5ccccc5)c4c3)cc2-c2c(C3CCCCC3)cccc21. The molecule has 3 saturated carbocycles. The standard InChI is InChI=1S/C67H66N2/c1-67(2)60-41-39-53(44-59(60)65-55(29-18-32-61(65)67)47-21-9-4-10-22-47)68(52-37-33-46(34-38-52)45-19-7-3-8-20-45)62-42-36-49-25-15-16-28-54(49)64(62)50-35-40-57-58-31-17-30-56(48-23-11-5-12-24-48)66(58)69(63(57)43-50)51-26-13-6-14-27-51/h6,13-18,25-45,47-48H,3-5,7-12,19-24H2,1-2H3. The number of nitrogens with zero attached hydrogens (tertiary/aromatic N) is 2. The van der Waals surface area contributed by atoms with Gasteiger partial charge in [0.15, 0.2) is 0 Å². The lowest BCUT2D eigenvalue weighted by Gasteiger charge is -2.30. The number of benzene rings is 8. The molecule has 344 valence electrons. The molecule has 4 aliphatic rings. The Morgan fingerprint density at radius 2 is 1.09 bits per heavy atom. The van der Waals surface area contributed by atoms with Crippen molar-refractivity contribution in [1.29, 1.82) is 0 Å². The van der Waals surface area contributed by atoms with E-state index in [1.807, 2.05) is 0 Å². The van der Waals surface area contributed by atoms with Crippen LogP contribution in [0.2, 0.25) is 0 Å². The van der Waals surface area contributed by atoms with Crippen molar-refractivity contribution in [2.75, 3.05) is 4.90 Å². The summed E-state index contributed by atoms with van der Waals surface area (Å²) < 4.78 is 2.61. The molecule has 2 nitrogen and oxygen atoms in total. The Morgan fingerprint density at radius 1 is 0.449 bits per heavy atom. The maximum Gasteiger partial charge on any atom is 0.0575 e. The fourth-order valence-corrected chi connectivity index (χ4v) is 14.1. The topological polar surface area (TPSA) is 8.17 Å². The lowest BCUT2D eigenvalue weighted by molar-refractivity contribution is 0.443. The van der Waals surface area contributed by atoms with Gasteiger partial charge < -0.3 is 9.47 Å². The fraction of sp³-hybridized carbons (Fsp3) is 0.313. The van der Waals surface area contributed by atoms with Gasteiger partial charge in [0.1, 0.15) is 0 Å². The number of rotatable bonds is 8. The average molecular weight is 899 g/mol. The molecule has 0 radical (unpaired) electrons. The average Bonchev–Trinajstić information content (AvgIpc) is 3.87. The van der Waals surface area contributed by atoms with Crippen LogP contribution in [0.3, 0.4) is 0 Å². The summed E-state index contributed by atoms with van der Waals surface area (Å²) in [4.78, 5) is 2.61. The number of fused-ring (bicyclic) bond motifs is 7. The van der Waals surface area contributed by atoms with Crippen LogP contribution >= 0.6 is 0 Å². The molecule has 0 spiro atoms. The Kier molecular flexibility index (Phi) is 10.9. The molecule has 0 bridgehead atoms. The van der Waals surface area contributed by atoms with Crippen LogP contribution < -0.4 is 4.90 Å². The molecular formula is C67H66N2. The van der Waals surface area contributed by atoms with Gasteiger partial charge >= 0.3 is 0 Å². The number of hydrogen-bond donors (Lipinski definition) is 0. The number of para-hydroxylation sites is 2. The highest BCUT2D eigenvalue weighted by molar-refractivity contribution is 6.13. The van der Waals surface area contributed by atoms with Gasteiger partial charge in [0.25, 0.3) is 0 Å². The summed E-state index contributed by atoms with van der Waals surface area (Å²) in [6, 6.07) is 64.1. The van der Waals surface area contributed by atoms with Crippen molar-refractivity contribution in [3.63, 3.8) is 0 Å². The van der Waals surface area contributed by atoms with Crippen LogP contribution in [-0.4, -0.2) is 4.57 Å².